The van der Waals surface area contributed by atoms with E-state index in [0.29, 0.717) is 0 Å². The number of fused-ring (bicyclic) bond motifs is 4. The quantitative estimate of drug-likeness (QED) is 0.363. The highest BCUT2D eigenvalue weighted by molar-refractivity contribution is 8.05. The summed E-state index contributed by atoms with van der Waals surface area (Å²) in [6.07, 6.45) is 5.16. The molecule has 4 aromatic rings. The predicted octanol–water partition coefficient (Wildman–Crippen LogP) is 4.71. The van der Waals surface area contributed by atoms with Crippen molar-refractivity contribution in [2.75, 3.05) is 0 Å². The fourth-order valence-corrected chi connectivity index (χ4v) is 10.8. The Kier molecular flexibility index (Phi) is 3.61. The molecule has 0 bridgehead atoms. The minimum atomic E-state index is -2.90. The number of hydrogen-bond acceptors (Lipinski definition) is 5. The van der Waals surface area contributed by atoms with Crippen molar-refractivity contribution in [3.63, 3.8) is 0 Å². The zero-order valence-corrected chi connectivity index (χ0v) is 17.1. The smallest absolute Gasteiger partial charge is 0.175 e. The number of nitrogens with zero attached hydrogens (tertiary/aromatic N) is 2. The van der Waals surface area contributed by atoms with Crippen LogP contribution in [0.3, 0.4) is 0 Å². The third kappa shape index (κ3) is 2.24. The van der Waals surface area contributed by atoms with E-state index in [1.54, 1.807) is 42.1 Å². The molecular weight excluding hydrogens is 403 g/mol. The van der Waals surface area contributed by atoms with E-state index in [2.05, 4.69) is 34.2 Å². The van der Waals surface area contributed by atoms with E-state index in [-0.39, 0.29) is 0 Å². The van der Waals surface area contributed by atoms with E-state index in [9.17, 15) is 4.57 Å². The summed E-state index contributed by atoms with van der Waals surface area (Å²) in [5.41, 5.74) is 1.84. The Morgan fingerprint density at radius 2 is 1.36 bits per heavy atom. The Morgan fingerprint density at radius 3 is 1.93 bits per heavy atom. The molecule has 0 radical (unpaired) electrons. The van der Waals surface area contributed by atoms with Crippen molar-refractivity contribution < 1.29 is 4.57 Å². The molecule has 3 nitrogen and oxygen atoms in total. The highest BCUT2D eigenvalue weighted by Crippen LogP contribution is 2.59. The van der Waals surface area contributed by atoms with Gasteiger partial charge in [-0.05, 0) is 36.4 Å². The molecule has 3 heterocycles. The molecule has 3 aromatic carbocycles. The van der Waals surface area contributed by atoms with Gasteiger partial charge in [-0.25, -0.2) is 0 Å². The van der Waals surface area contributed by atoms with Crippen LogP contribution in [0.15, 0.2) is 98.8 Å². The van der Waals surface area contributed by atoms with Crippen LogP contribution in [0.5, 0.6) is 0 Å². The second kappa shape index (κ2) is 6.08. The Morgan fingerprint density at radius 1 is 0.750 bits per heavy atom. The SMILES string of the molecule is O=P12c3ccccc3Sc3cc(-c4cnccn4)cc(c31)Sc1ccccc12. The topological polar surface area (TPSA) is 42.9 Å². The maximum Gasteiger partial charge on any atom is 0.175 e. The van der Waals surface area contributed by atoms with Crippen molar-refractivity contribution >= 4 is 46.6 Å². The molecule has 0 amide bonds. The van der Waals surface area contributed by atoms with Crippen LogP contribution < -0.4 is 15.9 Å². The van der Waals surface area contributed by atoms with E-state index >= 15 is 0 Å². The van der Waals surface area contributed by atoms with E-state index in [1.807, 2.05) is 36.4 Å². The van der Waals surface area contributed by atoms with Crippen molar-refractivity contribution in [3.05, 3.63) is 79.3 Å². The zero-order chi connectivity index (χ0) is 18.7. The molecule has 1 aromatic heterocycles. The molecule has 0 saturated carbocycles. The minimum absolute atomic E-state index is 0.829. The van der Waals surface area contributed by atoms with Gasteiger partial charge in [0.05, 0.1) is 11.9 Å². The van der Waals surface area contributed by atoms with Crippen molar-refractivity contribution in [1.82, 2.24) is 9.97 Å². The van der Waals surface area contributed by atoms with Gasteiger partial charge in [0, 0.05) is 53.5 Å². The van der Waals surface area contributed by atoms with Crippen molar-refractivity contribution in [3.8, 4) is 11.3 Å². The van der Waals surface area contributed by atoms with Gasteiger partial charge in [0.25, 0.3) is 0 Å². The molecule has 0 spiro atoms. The number of aromatic nitrogens is 2. The second-order valence-corrected chi connectivity index (χ2v) is 11.5. The van der Waals surface area contributed by atoms with Crippen LogP contribution in [0.1, 0.15) is 0 Å². The summed E-state index contributed by atoms with van der Waals surface area (Å²) in [5, 5.41) is 2.88. The van der Waals surface area contributed by atoms with Crippen molar-refractivity contribution in [1.29, 1.82) is 0 Å². The van der Waals surface area contributed by atoms with Gasteiger partial charge in [0.2, 0.25) is 0 Å². The lowest BCUT2D eigenvalue weighted by molar-refractivity contribution is 0.591. The first kappa shape index (κ1) is 16.6. The molecule has 6 heteroatoms. The van der Waals surface area contributed by atoms with Crippen LogP contribution in [0.25, 0.3) is 11.3 Å². The first-order valence-electron chi connectivity index (χ1n) is 8.85. The minimum Gasteiger partial charge on any atom is -0.308 e. The maximum absolute atomic E-state index is 14.7. The fraction of sp³-hybridized carbons (Fsp3) is 0. The van der Waals surface area contributed by atoms with E-state index in [1.165, 1.54) is 0 Å². The van der Waals surface area contributed by atoms with Gasteiger partial charge in [0.15, 0.2) is 7.14 Å². The zero-order valence-electron chi connectivity index (χ0n) is 14.6. The number of benzene rings is 3. The standard InChI is InChI=1S/C22H13N2OPS2/c25-26-16-5-1-3-7-18(16)27-20-11-14(15-13-23-9-10-24-15)12-21(22(20)26)28-19-8-4-2-6-17(19)26/h1-13H. The van der Waals surface area contributed by atoms with E-state index < -0.39 is 7.14 Å². The molecule has 0 saturated heterocycles. The summed E-state index contributed by atoms with van der Waals surface area (Å²) in [7, 11) is -2.90. The maximum atomic E-state index is 14.7. The fourth-order valence-electron chi connectivity index (χ4n) is 3.86. The summed E-state index contributed by atoms with van der Waals surface area (Å²) >= 11 is 3.40. The van der Waals surface area contributed by atoms with Gasteiger partial charge in [-0.15, -0.1) is 0 Å². The lowest BCUT2D eigenvalue weighted by Crippen LogP contribution is -2.34. The lowest BCUT2D eigenvalue weighted by Gasteiger charge is -2.34. The van der Waals surface area contributed by atoms with Gasteiger partial charge in [0.1, 0.15) is 0 Å². The van der Waals surface area contributed by atoms with Gasteiger partial charge in [-0.1, -0.05) is 47.8 Å². The van der Waals surface area contributed by atoms with Crippen LogP contribution in [-0.2, 0) is 4.57 Å². The predicted molar refractivity (Wildman–Crippen MR) is 115 cm³/mol. The summed E-state index contributed by atoms with van der Waals surface area (Å²) in [6, 6.07) is 20.4. The lowest BCUT2D eigenvalue weighted by atomic mass is 10.1. The highest BCUT2D eigenvalue weighted by atomic mass is 32.2. The molecule has 0 unspecified atom stereocenters. The van der Waals surface area contributed by atoms with Gasteiger partial charge in [-0.3, -0.25) is 9.97 Å². The van der Waals surface area contributed by atoms with Crippen LogP contribution in [0, 0.1) is 0 Å². The van der Waals surface area contributed by atoms with E-state index in [0.717, 1.165) is 46.8 Å². The Balaban J connectivity index is 1.70. The largest absolute Gasteiger partial charge is 0.308 e. The average Bonchev–Trinajstić information content (AvgIpc) is 2.74. The Hall–Kier alpha value is -2.33. The molecule has 0 aliphatic carbocycles. The normalized spacial score (nSPS) is 15.3. The molecule has 2 aliphatic rings. The average molecular weight is 416 g/mol. The number of rotatable bonds is 1. The molecule has 0 fully saturated rings. The molecule has 134 valence electrons. The van der Waals surface area contributed by atoms with Crippen LogP contribution in [0.4, 0.5) is 0 Å². The monoisotopic (exact) mass is 416 g/mol. The third-order valence-electron chi connectivity index (χ3n) is 5.06. The molecule has 6 rings (SSSR count). The summed E-state index contributed by atoms with van der Waals surface area (Å²) in [5.74, 6) is 0. The first-order chi connectivity index (χ1) is 13.7. The molecular formula is C22H13N2OPS2. The van der Waals surface area contributed by atoms with Gasteiger partial charge < -0.3 is 4.57 Å². The first-order valence-corrected chi connectivity index (χ1v) is 12.2. The van der Waals surface area contributed by atoms with Gasteiger partial charge in [-0.2, -0.15) is 0 Å². The molecule has 28 heavy (non-hydrogen) atoms. The molecule has 0 N–H and O–H groups in total. The Bertz CT molecular complexity index is 1230. The second-order valence-electron chi connectivity index (χ2n) is 6.66. The van der Waals surface area contributed by atoms with Gasteiger partial charge >= 0.3 is 0 Å². The van der Waals surface area contributed by atoms with Crippen LogP contribution >= 0.6 is 30.7 Å². The number of hydrogen-bond donors (Lipinski definition) is 0. The van der Waals surface area contributed by atoms with Crippen molar-refractivity contribution in [2.45, 2.75) is 19.6 Å². The van der Waals surface area contributed by atoms with E-state index in [4.69, 9.17) is 0 Å². The summed E-state index contributed by atoms with van der Waals surface area (Å²) in [4.78, 5) is 12.9. The van der Waals surface area contributed by atoms with Crippen molar-refractivity contribution in [2.24, 2.45) is 0 Å². The molecule has 0 atom stereocenters. The highest BCUT2D eigenvalue weighted by Gasteiger charge is 2.44. The van der Waals surface area contributed by atoms with Crippen LogP contribution in [0.2, 0.25) is 0 Å². The summed E-state index contributed by atoms with van der Waals surface area (Å²) < 4.78 is 14.7. The summed E-state index contributed by atoms with van der Waals surface area (Å²) in [6.45, 7) is 0. The Labute approximate surface area is 171 Å². The van der Waals surface area contributed by atoms with Crippen LogP contribution in [-0.4, -0.2) is 9.97 Å². The molecule has 2 aliphatic heterocycles. The third-order valence-corrected chi connectivity index (χ3v) is 11.2.